The van der Waals surface area contributed by atoms with E-state index in [2.05, 4.69) is 16.2 Å². The van der Waals surface area contributed by atoms with Gasteiger partial charge in [0.15, 0.2) is 0 Å². The predicted molar refractivity (Wildman–Crippen MR) is 68.3 cm³/mol. The molecule has 0 bridgehead atoms. The van der Waals surface area contributed by atoms with Gasteiger partial charge < -0.3 is 19.9 Å². The van der Waals surface area contributed by atoms with Crippen LogP contribution >= 0.6 is 0 Å². The number of carboxylic acids is 1. The standard InChI is InChI=1S/C12H16N4O3/c1-3-5-16(8-11(17)18)12(19)14-10(2)7-15-6-4-13-9-15/h1,4,6,9-10H,5,7-8H2,2H3,(H,14,19)(H,17,18). The average molecular weight is 264 g/mol. The lowest BCUT2D eigenvalue weighted by atomic mass is 10.3. The molecule has 1 aromatic rings. The summed E-state index contributed by atoms with van der Waals surface area (Å²) in [5.41, 5.74) is 0. The van der Waals surface area contributed by atoms with Crippen molar-refractivity contribution in [2.75, 3.05) is 13.1 Å². The molecule has 0 aliphatic rings. The number of carbonyl (C=O) groups is 2. The third-order valence-electron chi connectivity index (χ3n) is 2.31. The van der Waals surface area contributed by atoms with E-state index >= 15 is 0 Å². The normalized spacial score (nSPS) is 11.4. The maximum absolute atomic E-state index is 11.8. The lowest BCUT2D eigenvalue weighted by Crippen LogP contribution is -2.47. The molecule has 19 heavy (non-hydrogen) atoms. The summed E-state index contributed by atoms with van der Waals surface area (Å²) in [6.07, 6.45) is 10.2. The van der Waals surface area contributed by atoms with Gasteiger partial charge in [-0.05, 0) is 6.92 Å². The van der Waals surface area contributed by atoms with Gasteiger partial charge in [0.05, 0.1) is 12.9 Å². The van der Waals surface area contributed by atoms with Crippen LogP contribution in [-0.4, -0.2) is 50.7 Å². The van der Waals surface area contributed by atoms with Crippen LogP contribution in [0.3, 0.4) is 0 Å². The number of hydrogen-bond acceptors (Lipinski definition) is 3. The van der Waals surface area contributed by atoms with Crippen LogP contribution in [0.5, 0.6) is 0 Å². The third kappa shape index (κ3) is 5.12. The number of carbonyl (C=O) groups excluding carboxylic acids is 1. The minimum atomic E-state index is -1.10. The van der Waals surface area contributed by atoms with E-state index in [-0.39, 0.29) is 12.6 Å². The second-order valence-electron chi connectivity index (χ2n) is 4.06. The number of terminal acetylenes is 1. The Bertz CT molecular complexity index is 464. The molecular formula is C12H16N4O3. The van der Waals surface area contributed by atoms with Crippen LogP contribution in [-0.2, 0) is 11.3 Å². The Morgan fingerprint density at radius 3 is 2.89 bits per heavy atom. The molecule has 2 N–H and O–H groups in total. The van der Waals surface area contributed by atoms with Crippen LogP contribution in [0.2, 0.25) is 0 Å². The molecule has 0 spiro atoms. The molecule has 0 saturated carbocycles. The average Bonchev–Trinajstić information content (AvgIpc) is 2.80. The predicted octanol–water partition coefficient (Wildman–Crippen LogP) is 0.00100. The van der Waals surface area contributed by atoms with Crippen LogP contribution in [0.1, 0.15) is 6.92 Å². The zero-order valence-corrected chi connectivity index (χ0v) is 10.6. The molecule has 0 saturated heterocycles. The fraction of sp³-hybridized carbons (Fsp3) is 0.417. The van der Waals surface area contributed by atoms with Crippen LogP contribution in [0, 0.1) is 12.3 Å². The number of imidazole rings is 1. The molecule has 0 aliphatic carbocycles. The lowest BCUT2D eigenvalue weighted by Gasteiger charge is -2.22. The summed E-state index contributed by atoms with van der Waals surface area (Å²) in [6.45, 7) is 1.89. The molecule has 0 fully saturated rings. The number of hydrogen-bond donors (Lipinski definition) is 2. The maximum Gasteiger partial charge on any atom is 0.323 e. The second kappa shape index (κ2) is 7.06. The van der Waals surface area contributed by atoms with Crippen molar-refractivity contribution in [3.63, 3.8) is 0 Å². The Labute approximate surface area is 111 Å². The first-order chi connectivity index (χ1) is 9.02. The van der Waals surface area contributed by atoms with Gasteiger partial charge in [-0.3, -0.25) is 4.79 Å². The summed E-state index contributed by atoms with van der Waals surface area (Å²) < 4.78 is 1.81. The molecule has 1 aromatic heterocycles. The molecule has 102 valence electrons. The smallest absolute Gasteiger partial charge is 0.323 e. The Kier molecular flexibility index (Phi) is 5.41. The summed E-state index contributed by atoms with van der Waals surface area (Å²) in [4.78, 5) is 27.4. The largest absolute Gasteiger partial charge is 0.480 e. The Hall–Kier alpha value is -2.49. The van der Waals surface area contributed by atoms with Crippen molar-refractivity contribution in [1.82, 2.24) is 19.8 Å². The number of urea groups is 1. The van der Waals surface area contributed by atoms with E-state index in [1.54, 1.807) is 18.7 Å². The first kappa shape index (κ1) is 14.6. The first-order valence-corrected chi connectivity index (χ1v) is 5.69. The van der Waals surface area contributed by atoms with Gasteiger partial charge in [0.1, 0.15) is 6.54 Å². The van der Waals surface area contributed by atoms with Crippen LogP contribution in [0.25, 0.3) is 0 Å². The zero-order chi connectivity index (χ0) is 14.3. The SMILES string of the molecule is C#CCN(CC(=O)O)C(=O)NC(C)Cn1ccnc1. The summed E-state index contributed by atoms with van der Waals surface area (Å²) in [5, 5.41) is 11.4. The summed E-state index contributed by atoms with van der Waals surface area (Å²) in [6, 6.07) is -0.663. The highest BCUT2D eigenvalue weighted by Gasteiger charge is 2.17. The van der Waals surface area contributed by atoms with Crippen molar-refractivity contribution in [2.24, 2.45) is 0 Å². The molecule has 0 aliphatic heterocycles. The Balaban J connectivity index is 2.51. The van der Waals surface area contributed by atoms with Crippen molar-refractivity contribution < 1.29 is 14.7 Å². The second-order valence-corrected chi connectivity index (χ2v) is 4.06. The lowest BCUT2D eigenvalue weighted by molar-refractivity contribution is -0.137. The number of nitrogens with zero attached hydrogens (tertiary/aromatic N) is 3. The van der Waals surface area contributed by atoms with Crippen molar-refractivity contribution in [2.45, 2.75) is 19.5 Å². The van der Waals surface area contributed by atoms with E-state index in [0.29, 0.717) is 6.54 Å². The number of carboxylic acid groups (broad SMARTS) is 1. The Morgan fingerprint density at radius 2 is 2.37 bits per heavy atom. The Morgan fingerprint density at radius 1 is 1.63 bits per heavy atom. The number of amides is 2. The van der Waals surface area contributed by atoms with Crippen molar-refractivity contribution in [3.05, 3.63) is 18.7 Å². The molecule has 0 radical (unpaired) electrons. The molecule has 7 nitrogen and oxygen atoms in total. The molecule has 1 heterocycles. The highest BCUT2D eigenvalue weighted by Crippen LogP contribution is 1.95. The van der Waals surface area contributed by atoms with Gasteiger partial charge in [-0.2, -0.15) is 0 Å². The van der Waals surface area contributed by atoms with Gasteiger partial charge >= 0.3 is 12.0 Å². The minimum Gasteiger partial charge on any atom is -0.480 e. The van der Waals surface area contributed by atoms with Gasteiger partial charge in [-0.15, -0.1) is 6.42 Å². The third-order valence-corrected chi connectivity index (χ3v) is 2.31. The van der Waals surface area contributed by atoms with Crippen molar-refractivity contribution in [3.8, 4) is 12.3 Å². The van der Waals surface area contributed by atoms with E-state index in [1.807, 2.05) is 11.5 Å². The quantitative estimate of drug-likeness (QED) is 0.708. The molecule has 1 atom stereocenters. The first-order valence-electron chi connectivity index (χ1n) is 5.69. The van der Waals surface area contributed by atoms with Gasteiger partial charge in [0.25, 0.3) is 0 Å². The fourth-order valence-corrected chi connectivity index (χ4v) is 1.53. The highest BCUT2D eigenvalue weighted by atomic mass is 16.4. The highest BCUT2D eigenvalue weighted by molar-refractivity contribution is 5.80. The van der Waals surface area contributed by atoms with Gasteiger partial charge in [0.2, 0.25) is 0 Å². The van der Waals surface area contributed by atoms with Crippen LogP contribution in [0.15, 0.2) is 18.7 Å². The number of aliphatic carboxylic acids is 1. The fourth-order valence-electron chi connectivity index (χ4n) is 1.53. The van der Waals surface area contributed by atoms with E-state index in [0.717, 1.165) is 4.90 Å². The molecule has 1 rings (SSSR count). The van der Waals surface area contributed by atoms with Gasteiger partial charge in [-0.1, -0.05) is 5.92 Å². The van der Waals surface area contributed by atoms with Gasteiger partial charge in [0, 0.05) is 25.0 Å². The number of nitrogens with one attached hydrogen (secondary N) is 1. The van der Waals surface area contributed by atoms with E-state index in [1.165, 1.54) is 0 Å². The molecule has 2 amide bonds. The molecule has 7 heteroatoms. The van der Waals surface area contributed by atoms with Crippen LogP contribution in [0.4, 0.5) is 4.79 Å². The number of rotatable bonds is 6. The van der Waals surface area contributed by atoms with E-state index < -0.39 is 18.5 Å². The van der Waals surface area contributed by atoms with Crippen LogP contribution < -0.4 is 5.32 Å². The summed E-state index contributed by atoms with van der Waals surface area (Å²) >= 11 is 0. The maximum atomic E-state index is 11.8. The summed E-state index contributed by atoms with van der Waals surface area (Å²) in [5.74, 6) is 1.16. The van der Waals surface area contributed by atoms with Gasteiger partial charge in [-0.25, -0.2) is 9.78 Å². The number of aromatic nitrogens is 2. The topological polar surface area (TPSA) is 87.5 Å². The zero-order valence-electron chi connectivity index (χ0n) is 10.6. The minimum absolute atomic E-state index is 0.0457. The molecular weight excluding hydrogens is 248 g/mol. The molecule has 0 aromatic carbocycles. The summed E-state index contributed by atoms with van der Waals surface area (Å²) in [7, 11) is 0. The molecule has 1 unspecified atom stereocenters. The van der Waals surface area contributed by atoms with Crippen molar-refractivity contribution in [1.29, 1.82) is 0 Å². The monoisotopic (exact) mass is 264 g/mol. The van der Waals surface area contributed by atoms with E-state index in [4.69, 9.17) is 11.5 Å². The van der Waals surface area contributed by atoms with Crippen molar-refractivity contribution >= 4 is 12.0 Å². The van der Waals surface area contributed by atoms with E-state index in [9.17, 15) is 9.59 Å².